The molecule has 4 heteroatoms. The quantitative estimate of drug-likeness (QED) is 0.856. The van der Waals surface area contributed by atoms with Crippen molar-refractivity contribution in [3.05, 3.63) is 29.6 Å². The number of likely N-dealkylation sites (N-methyl/N-ethyl adjacent to an activating group) is 1. The summed E-state index contributed by atoms with van der Waals surface area (Å²) >= 11 is 0. The van der Waals surface area contributed by atoms with Crippen LogP contribution < -0.4 is 10.2 Å². The molecule has 1 N–H and O–H groups in total. The van der Waals surface area contributed by atoms with Gasteiger partial charge in [-0.15, -0.1) is 0 Å². The summed E-state index contributed by atoms with van der Waals surface area (Å²) < 4.78 is 19.6. The van der Waals surface area contributed by atoms with E-state index in [-0.39, 0.29) is 11.9 Å². The predicted molar refractivity (Wildman–Crippen MR) is 76.0 cm³/mol. The van der Waals surface area contributed by atoms with Crippen molar-refractivity contribution in [1.29, 1.82) is 0 Å². The Bertz CT molecular complexity index is 405. The van der Waals surface area contributed by atoms with Gasteiger partial charge >= 0.3 is 0 Å². The van der Waals surface area contributed by atoms with Gasteiger partial charge in [0, 0.05) is 38.0 Å². The number of halogens is 1. The smallest absolute Gasteiger partial charge is 0.129 e. The third kappa shape index (κ3) is 3.67. The van der Waals surface area contributed by atoms with Gasteiger partial charge in [0.15, 0.2) is 0 Å². The van der Waals surface area contributed by atoms with E-state index < -0.39 is 0 Å². The Kier molecular flexibility index (Phi) is 5.16. The molecule has 106 valence electrons. The van der Waals surface area contributed by atoms with Crippen molar-refractivity contribution in [3.63, 3.8) is 0 Å². The SMILES string of the molecule is CCNCc1c(F)cccc1N(C)CC1CCCO1. The number of nitrogens with one attached hydrogen (secondary N) is 1. The lowest BCUT2D eigenvalue weighted by molar-refractivity contribution is 0.116. The minimum absolute atomic E-state index is 0.141. The molecule has 0 amide bonds. The first-order valence-corrected chi connectivity index (χ1v) is 7.03. The summed E-state index contributed by atoms with van der Waals surface area (Å²) in [7, 11) is 2.01. The van der Waals surface area contributed by atoms with Crippen molar-refractivity contribution in [2.24, 2.45) is 0 Å². The molecule has 19 heavy (non-hydrogen) atoms. The molecule has 1 aliphatic rings. The third-order valence-corrected chi connectivity index (χ3v) is 3.56. The summed E-state index contributed by atoms with van der Waals surface area (Å²) in [5.74, 6) is -0.141. The van der Waals surface area contributed by atoms with E-state index in [9.17, 15) is 4.39 Å². The van der Waals surface area contributed by atoms with Crippen LogP contribution in [-0.4, -0.2) is 32.8 Å². The molecule has 1 aliphatic heterocycles. The topological polar surface area (TPSA) is 24.5 Å². The lowest BCUT2D eigenvalue weighted by Gasteiger charge is -2.25. The fourth-order valence-electron chi connectivity index (χ4n) is 2.52. The first kappa shape index (κ1) is 14.3. The molecule has 1 saturated heterocycles. The summed E-state index contributed by atoms with van der Waals surface area (Å²) in [4.78, 5) is 2.10. The van der Waals surface area contributed by atoms with Crippen molar-refractivity contribution in [2.75, 3.05) is 31.6 Å². The van der Waals surface area contributed by atoms with Crippen LogP contribution in [0.5, 0.6) is 0 Å². The first-order valence-electron chi connectivity index (χ1n) is 7.03. The highest BCUT2D eigenvalue weighted by molar-refractivity contribution is 5.53. The van der Waals surface area contributed by atoms with Gasteiger partial charge in [-0.3, -0.25) is 0 Å². The summed E-state index contributed by atoms with van der Waals surface area (Å²) in [5.41, 5.74) is 1.70. The second kappa shape index (κ2) is 6.87. The van der Waals surface area contributed by atoms with Crippen LogP contribution in [-0.2, 0) is 11.3 Å². The molecule has 1 heterocycles. The second-order valence-electron chi connectivity index (χ2n) is 5.03. The highest BCUT2D eigenvalue weighted by Crippen LogP contribution is 2.24. The molecule has 1 atom stereocenters. The Hall–Kier alpha value is -1.13. The van der Waals surface area contributed by atoms with Crippen LogP contribution in [0.2, 0.25) is 0 Å². The average molecular weight is 266 g/mol. The average Bonchev–Trinajstić information content (AvgIpc) is 2.90. The Morgan fingerprint density at radius 1 is 1.47 bits per heavy atom. The van der Waals surface area contributed by atoms with E-state index in [4.69, 9.17) is 4.74 Å². The molecule has 1 aromatic rings. The molecule has 1 aromatic carbocycles. The largest absolute Gasteiger partial charge is 0.376 e. The van der Waals surface area contributed by atoms with E-state index >= 15 is 0 Å². The van der Waals surface area contributed by atoms with Crippen LogP contribution in [0.4, 0.5) is 10.1 Å². The third-order valence-electron chi connectivity index (χ3n) is 3.56. The van der Waals surface area contributed by atoms with E-state index in [0.29, 0.717) is 6.54 Å². The Morgan fingerprint density at radius 2 is 2.32 bits per heavy atom. The van der Waals surface area contributed by atoms with Gasteiger partial charge in [0.1, 0.15) is 5.82 Å². The maximum Gasteiger partial charge on any atom is 0.129 e. The Morgan fingerprint density at radius 3 is 3.00 bits per heavy atom. The van der Waals surface area contributed by atoms with Gasteiger partial charge in [-0.1, -0.05) is 13.0 Å². The number of hydrogen-bond acceptors (Lipinski definition) is 3. The standard InChI is InChI=1S/C15H23FN2O/c1-3-17-10-13-14(16)7-4-8-15(13)18(2)11-12-6-5-9-19-12/h4,7-8,12,17H,3,5-6,9-11H2,1-2H3. The van der Waals surface area contributed by atoms with Crippen molar-refractivity contribution < 1.29 is 9.13 Å². The van der Waals surface area contributed by atoms with Gasteiger partial charge in [0.05, 0.1) is 6.10 Å². The van der Waals surface area contributed by atoms with Crippen molar-refractivity contribution in [3.8, 4) is 0 Å². The van der Waals surface area contributed by atoms with Gasteiger partial charge in [0.2, 0.25) is 0 Å². The molecule has 1 fully saturated rings. The van der Waals surface area contributed by atoms with Gasteiger partial charge in [-0.25, -0.2) is 4.39 Å². The van der Waals surface area contributed by atoms with E-state index in [1.165, 1.54) is 6.07 Å². The van der Waals surface area contributed by atoms with Crippen molar-refractivity contribution in [1.82, 2.24) is 5.32 Å². The molecule has 3 nitrogen and oxygen atoms in total. The number of ether oxygens (including phenoxy) is 1. The van der Waals surface area contributed by atoms with Crippen LogP contribution >= 0.6 is 0 Å². The molecule has 2 rings (SSSR count). The summed E-state index contributed by atoms with van der Waals surface area (Å²) in [6, 6.07) is 5.27. The molecular formula is C15H23FN2O. The normalized spacial score (nSPS) is 18.8. The lowest BCUT2D eigenvalue weighted by atomic mass is 10.1. The van der Waals surface area contributed by atoms with E-state index in [1.807, 2.05) is 20.0 Å². The molecule has 0 aromatic heterocycles. The first-order chi connectivity index (χ1) is 9.22. The number of anilines is 1. The number of benzene rings is 1. The van der Waals surface area contributed by atoms with Crippen molar-refractivity contribution >= 4 is 5.69 Å². The van der Waals surface area contributed by atoms with Gasteiger partial charge in [-0.05, 0) is 31.5 Å². The van der Waals surface area contributed by atoms with Gasteiger partial charge < -0.3 is 15.0 Å². The maximum atomic E-state index is 13.9. The van der Waals surface area contributed by atoms with Gasteiger partial charge in [-0.2, -0.15) is 0 Å². The molecule has 0 saturated carbocycles. The maximum absolute atomic E-state index is 13.9. The lowest BCUT2D eigenvalue weighted by Crippen LogP contribution is -2.30. The predicted octanol–water partition coefficient (Wildman–Crippen LogP) is 2.55. The summed E-state index contributed by atoms with van der Waals surface area (Å²) in [6.07, 6.45) is 2.51. The zero-order valence-electron chi connectivity index (χ0n) is 11.8. The highest BCUT2D eigenvalue weighted by Gasteiger charge is 2.19. The fourth-order valence-corrected chi connectivity index (χ4v) is 2.52. The molecule has 0 bridgehead atoms. The fraction of sp³-hybridized carbons (Fsp3) is 0.600. The van der Waals surface area contributed by atoms with Crippen LogP contribution in [0.15, 0.2) is 18.2 Å². The Balaban J connectivity index is 2.10. The van der Waals surface area contributed by atoms with E-state index in [0.717, 1.165) is 43.8 Å². The minimum atomic E-state index is -0.141. The molecular weight excluding hydrogens is 243 g/mol. The number of hydrogen-bond donors (Lipinski definition) is 1. The second-order valence-corrected chi connectivity index (χ2v) is 5.03. The van der Waals surface area contributed by atoms with Crippen LogP contribution in [0, 0.1) is 5.82 Å². The van der Waals surface area contributed by atoms with Crippen molar-refractivity contribution in [2.45, 2.75) is 32.4 Å². The van der Waals surface area contributed by atoms with E-state index in [1.54, 1.807) is 6.07 Å². The zero-order valence-corrected chi connectivity index (χ0v) is 11.8. The summed E-state index contributed by atoms with van der Waals surface area (Å²) in [6.45, 7) is 5.10. The van der Waals surface area contributed by atoms with Gasteiger partial charge in [0.25, 0.3) is 0 Å². The molecule has 1 unspecified atom stereocenters. The molecule has 0 spiro atoms. The minimum Gasteiger partial charge on any atom is -0.376 e. The highest BCUT2D eigenvalue weighted by atomic mass is 19.1. The van der Waals surface area contributed by atoms with E-state index in [2.05, 4.69) is 10.2 Å². The number of nitrogens with zero attached hydrogens (tertiary/aromatic N) is 1. The van der Waals surface area contributed by atoms with Crippen LogP contribution in [0.3, 0.4) is 0 Å². The van der Waals surface area contributed by atoms with Crippen LogP contribution in [0.1, 0.15) is 25.3 Å². The Labute approximate surface area is 114 Å². The molecule has 0 aliphatic carbocycles. The monoisotopic (exact) mass is 266 g/mol. The van der Waals surface area contributed by atoms with Crippen LogP contribution in [0.25, 0.3) is 0 Å². The number of rotatable bonds is 6. The molecule has 0 radical (unpaired) electrons. The summed E-state index contributed by atoms with van der Waals surface area (Å²) in [5, 5.41) is 3.20. The zero-order chi connectivity index (χ0) is 13.7.